The van der Waals surface area contributed by atoms with Crippen molar-refractivity contribution in [2.75, 3.05) is 13.6 Å². The zero-order valence-corrected chi connectivity index (χ0v) is 10.6. The summed E-state index contributed by atoms with van der Waals surface area (Å²) in [5.41, 5.74) is 0. The minimum absolute atomic E-state index is 0.623. The van der Waals surface area contributed by atoms with E-state index >= 15 is 0 Å². The fourth-order valence-corrected chi connectivity index (χ4v) is 2.72. The van der Waals surface area contributed by atoms with Crippen LogP contribution < -0.4 is 5.32 Å². The van der Waals surface area contributed by atoms with Gasteiger partial charge in [-0.3, -0.25) is 0 Å². The Morgan fingerprint density at radius 2 is 2.19 bits per heavy atom. The number of halogens is 1. The van der Waals surface area contributed by atoms with Crippen molar-refractivity contribution in [2.24, 2.45) is 0 Å². The first-order valence-corrected chi connectivity index (χ1v) is 6.56. The topological polar surface area (TPSA) is 29.9 Å². The van der Waals surface area contributed by atoms with Crippen molar-refractivity contribution in [1.82, 2.24) is 14.9 Å². The highest BCUT2D eigenvalue weighted by molar-refractivity contribution is 6.29. The van der Waals surface area contributed by atoms with Gasteiger partial charge in [0.1, 0.15) is 11.0 Å². The first kappa shape index (κ1) is 11.9. The van der Waals surface area contributed by atoms with Gasteiger partial charge in [-0.2, -0.15) is 0 Å². The maximum absolute atomic E-state index is 6.17. The molecule has 0 radical (unpaired) electrons. The summed E-state index contributed by atoms with van der Waals surface area (Å²) in [4.78, 5) is 4.50. The zero-order valence-electron chi connectivity index (χ0n) is 9.88. The number of imidazole rings is 1. The Labute approximate surface area is 102 Å². The Kier molecular flexibility index (Phi) is 4.24. The van der Waals surface area contributed by atoms with Crippen molar-refractivity contribution in [2.45, 2.75) is 44.6 Å². The molecule has 0 spiro atoms. The van der Waals surface area contributed by atoms with Crippen LogP contribution in [0.5, 0.6) is 0 Å². The van der Waals surface area contributed by atoms with Crippen LogP contribution in [0.25, 0.3) is 0 Å². The lowest BCUT2D eigenvalue weighted by atomic mass is 9.88. The Bertz CT molecular complexity index is 329. The third kappa shape index (κ3) is 2.58. The van der Waals surface area contributed by atoms with Crippen LogP contribution in [0.4, 0.5) is 0 Å². The Hall–Kier alpha value is -0.540. The van der Waals surface area contributed by atoms with Gasteiger partial charge in [-0.05, 0) is 19.9 Å². The number of nitrogens with zero attached hydrogens (tertiary/aromatic N) is 2. The molecule has 1 aliphatic carbocycles. The summed E-state index contributed by atoms with van der Waals surface area (Å²) < 4.78 is 2.16. The van der Waals surface area contributed by atoms with Crippen molar-refractivity contribution in [3.8, 4) is 0 Å². The summed E-state index contributed by atoms with van der Waals surface area (Å²) in [7, 11) is 1.96. The highest BCUT2D eigenvalue weighted by Crippen LogP contribution is 2.32. The molecule has 2 rings (SSSR count). The van der Waals surface area contributed by atoms with E-state index in [4.69, 9.17) is 11.6 Å². The van der Waals surface area contributed by atoms with Gasteiger partial charge in [-0.15, -0.1) is 0 Å². The lowest BCUT2D eigenvalue weighted by molar-refractivity contribution is 0.414. The van der Waals surface area contributed by atoms with Crippen molar-refractivity contribution in [1.29, 1.82) is 0 Å². The maximum Gasteiger partial charge on any atom is 0.128 e. The summed E-state index contributed by atoms with van der Waals surface area (Å²) in [6.07, 6.45) is 8.38. The highest BCUT2D eigenvalue weighted by Gasteiger charge is 2.21. The molecule has 1 heterocycles. The summed E-state index contributed by atoms with van der Waals surface area (Å²) in [5, 5.41) is 3.93. The predicted octanol–water partition coefficient (Wildman–Crippen LogP) is 2.80. The molecule has 1 aromatic heterocycles. The van der Waals surface area contributed by atoms with Gasteiger partial charge in [0.15, 0.2) is 0 Å². The van der Waals surface area contributed by atoms with Crippen molar-refractivity contribution < 1.29 is 0 Å². The van der Waals surface area contributed by atoms with Gasteiger partial charge in [-0.25, -0.2) is 4.98 Å². The number of aromatic nitrogens is 2. The molecule has 1 aliphatic rings. The summed E-state index contributed by atoms with van der Waals surface area (Å²) >= 11 is 6.17. The summed E-state index contributed by atoms with van der Waals surface area (Å²) in [5.74, 6) is 1.82. The molecule has 0 bridgehead atoms. The van der Waals surface area contributed by atoms with E-state index in [0.717, 1.165) is 18.2 Å². The van der Waals surface area contributed by atoms with Crippen molar-refractivity contribution in [3.05, 3.63) is 17.2 Å². The third-order valence-corrected chi connectivity index (χ3v) is 3.70. The molecular weight excluding hydrogens is 222 g/mol. The van der Waals surface area contributed by atoms with Crippen LogP contribution in [-0.2, 0) is 6.54 Å². The SMILES string of the molecule is CNCCn1c(Cl)cnc1C1CCCCC1. The molecule has 0 saturated heterocycles. The van der Waals surface area contributed by atoms with Crippen LogP contribution in [0, 0.1) is 0 Å². The van der Waals surface area contributed by atoms with E-state index < -0.39 is 0 Å². The summed E-state index contributed by atoms with van der Waals surface area (Å²) in [6.45, 7) is 1.86. The second-order valence-electron chi connectivity index (χ2n) is 4.53. The molecule has 1 saturated carbocycles. The largest absolute Gasteiger partial charge is 0.318 e. The molecule has 0 amide bonds. The van der Waals surface area contributed by atoms with E-state index in [1.54, 1.807) is 6.20 Å². The van der Waals surface area contributed by atoms with Crippen LogP contribution >= 0.6 is 11.6 Å². The molecule has 1 aromatic rings. The van der Waals surface area contributed by atoms with Gasteiger partial charge in [-0.1, -0.05) is 30.9 Å². The Morgan fingerprint density at radius 1 is 1.44 bits per heavy atom. The fourth-order valence-electron chi connectivity index (χ4n) is 2.50. The van der Waals surface area contributed by atoms with Gasteiger partial charge in [0.25, 0.3) is 0 Å². The van der Waals surface area contributed by atoms with E-state index in [2.05, 4.69) is 14.9 Å². The maximum atomic E-state index is 6.17. The minimum Gasteiger partial charge on any atom is -0.318 e. The van der Waals surface area contributed by atoms with Crippen LogP contribution in [-0.4, -0.2) is 23.1 Å². The molecule has 4 heteroatoms. The predicted molar refractivity (Wildman–Crippen MR) is 67.0 cm³/mol. The summed E-state index contributed by atoms with van der Waals surface area (Å²) in [6, 6.07) is 0. The third-order valence-electron chi connectivity index (χ3n) is 3.39. The number of nitrogens with one attached hydrogen (secondary N) is 1. The smallest absolute Gasteiger partial charge is 0.128 e. The average molecular weight is 242 g/mol. The molecule has 3 nitrogen and oxygen atoms in total. The second kappa shape index (κ2) is 5.69. The van der Waals surface area contributed by atoms with E-state index in [1.807, 2.05) is 7.05 Å². The van der Waals surface area contributed by atoms with Gasteiger partial charge in [0, 0.05) is 19.0 Å². The van der Waals surface area contributed by atoms with Crippen LogP contribution in [0.15, 0.2) is 6.20 Å². The van der Waals surface area contributed by atoms with Crippen LogP contribution in [0.1, 0.15) is 43.8 Å². The van der Waals surface area contributed by atoms with Gasteiger partial charge >= 0.3 is 0 Å². The quantitative estimate of drug-likeness (QED) is 0.879. The van der Waals surface area contributed by atoms with Gasteiger partial charge in [0.05, 0.1) is 6.20 Å². The number of rotatable bonds is 4. The molecule has 0 atom stereocenters. The lowest BCUT2D eigenvalue weighted by Crippen LogP contribution is -2.19. The molecule has 0 aromatic carbocycles. The van der Waals surface area contributed by atoms with Crippen molar-refractivity contribution in [3.63, 3.8) is 0 Å². The number of hydrogen-bond donors (Lipinski definition) is 1. The molecule has 0 aliphatic heterocycles. The molecular formula is C12H20ClN3. The van der Waals surface area contributed by atoms with Crippen molar-refractivity contribution >= 4 is 11.6 Å². The minimum atomic E-state index is 0.623. The van der Waals surface area contributed by atoms with Gasteiger partial charge in [0.2, 0.25) is 0 Å². The van der Waals surface area contributed by atoms with E-state index in [0.29, 0.717) is 5.92 Å². The second-order valence-corrected chi connectivity index (χ2v) is 4.92. The normalized spacial score (nSPS) is 17.9. The fraction of sp³-hybridized carbons (Fsp3) is 0.750. The number of likely N-dealkylation sites (N-methyl/N-ethyl adjacent to an activating group) is 1. The Morgan fingerprint density at radius 3 is 2.88 bits per heavy atom. The monoisotopic (exact) mass is 241 g/mol. The molecule has 1 fully saturated rings. The lowest BCUT2D eigenvalue weighted by Gasteiger charge is -2.22. The zero-order chi connectivity index (χ0) is 11.4. The van der Waals surface area contributed by atoms with E-state index in [9.17, 15) is 0 Å². The molecule has 0 unspecified atom stereocenters. The molecule has 16 heavy (non-hydrogen) atoms. The first-order valence-electron chi connectivity index (χ1n) is 6.18. The van der Waals surface area contributed by atoms with Gasteiger partial charge < -0.3 is 9.88 Å². The standard InChI is InChI=1S/C12H20ClN3/c1-14-7-8-16-11(13)9-15-12(16)10-5-3-2-4-6-10/h9-10,14H,2-8H2,1H3. The molecule has 90 valence electrons. The van der Waals surface area contributed by atoms with E-state index in [-0.39, 0.29) is 0 Å². The highest BCUT2D eigenvalue weighted by atomic mass is 35.5. The van der Waals surface area contributed by atoms with Crippen LogP contribution in [0.3, 0.4) is 0 Å². The first-order chi connectivity index (χ1) is 7.83. The molecule has 1 N–H and O–H groups in total. The average Bonchev–Trinajstić information content (AvgIpc) is 2.69. The number of hydrogen-bond acceptors (Lipinski definition) is 2. The Balaban J connectivity index is 2.12. The van der Waals surface area contributed by atoms with E-state index in [1.165, 1.54) is 37.9 Å². The van der Waals surface area contributed by atoms with Crippen LogP contribution in [0.2, 0.25) is 5.15 Å².